The molecule has 3 rings (SSSR count). The summed E-state index contributed by atoms with van der Waals surface area (Å²) >= 11 is 0. The first kappa shape index (κ1) is 15.1. The summed E-state index contributed by atoms with van der Waals surface area (Å²) in [5.74, 6) is 0.258. The molecule has 0 spiro atoms. The van der Waals surface area contributed by atoms with Gasteiger partial charge in [0.25, 0.3) is 0 Å². The Morgan fingerprint density at radius 3 is 2.50 bits per heavy atom. The molecule has 6 nitrogen and oxygen atoms in total. The summed E-state index contributed by atoms with van der Waals surface area (Å²) < 4.78 is 33.3. The van der Waals surface area contributed by atoms with E-state index in [0.29, 0.717) is 11.5 Å². The predicted molar refractivity (Wildman–Crippen MR) is 79.2 cm³/mol. The van der Waals surface area contributed by atoms with Gasteiger partial charge in [-0.3, -0.25) is 4.79 Å². The maximum absolute atomic E-state index is 11.2. The fourth-order valence-electron chi connectivity index (χ4n) is 2.87. The highest BCUT2D eigenvalue weighted by Crippen LogP contribution is 2.52. The van der Waals surface area contributed by atoms with Crippen molar-refractivity contribution in [2.75, 3.05) is 18.6 Å². The van der Waals surface area contributed by atoms with Crippen molar-refractivity contribution >= 4 is 15.8 Å². The Bertz CT molecular complexity index is 693. The fourth-order valence-corrected chi connectivity index (χ4v) is 4.04. The average molecular weight is 326 g/mol. The molecule has 1 saturated heterocycles. The molecule has 0 amide bonds. The molecule has 1 heterocycles. The molecule has 7 heteroatoms. The number of benzene rings is 1. The third-order valence-corrected chi connectivity index (χ3v) is 6.05. The Morgan fingerprint density at radius 1 is 1.32 bits per heavy atom. The van der Waals surface area contributed by atoms with E-state index in [2.05, 4.69) is 0 Å². The first-order valence-electron chi connectivity index (χ1n) is 7.11. The van der Waals surface area contributed by atoms with Crippen LogP contribution in [0.25, 0.3) is 0 Å². The van der Waals surface area contributed by atoms with Crippen molar-refractivity contribution in [3.8, 4) is 11.5 Å². The molecule has 22 heavy (non-hydrogen) atoms. The second-order valence-corrected chi connectivity index (χ2v) is 8.19. The third-order valence-electron chi connectivity index (χ3n) is 4.29. The minimum absolute atomic E-state index is 0.0286. The van der Waals surface area contributed by atoms with Crippen molar-refractivity contribution < 1.29 is 27.8 Å². The summed E-state index contributed by atoms with van der Waals surface area (Å²) in [6.07, 6.45) is 1.48. The highest BCUT2D eigenvalue weighted by Gasteiger charge is 2.46. The normalized spacial score (nSPS) is 21.7. The van der Waals surface area contributed by atoms with Crippen LogP contribution in [0.15, 0.2) is 18.2 Å². The van der Waals surface area contributed by atoms with Gasteiger partial charge in [0.05, 0.1) is 25.0 Å². The molecule has 120 valence electrons. The molecule has 0 radical (unpaired) electrons. The van der Waals surface area contributed by atoms with Gasteiger partial charge in [-0.2, -0.15) is 0 Å². The van der Waals surface area contributed by atoms with Crippen LogP contribution in [-0.2, 0) is 20.0 Å². The van der Waals surface area contributed by atoms with E-state index in [1.807, 2.05) is 6.07 Å². The van der Waals surface area contributed by atoms with Crippen LogP contribution >= 0.6 is 0 Å². The van der Waals surface area contributed by atoms with Gasteiger partial charge in [0, 0.05) is 5.41 Å². The molecular formula is C15H18O6S. The number of methoxy groups -OCH3 is 1. The lowest BCUT2D eigenvalue weighted by atomic mass is 9.92. The molecular weight excluding hydrogens is 308 g/mol. The van der Waals surface area contributed by atoms with Gasteiger partial charge in [-0.25, -0.2) is 8.42 Å². The maximum atomic E-state index is 11.2. The lowest BCUT2D eigenvalue weighted by Crippen LogP contribution is -2.45. The summed E-state index contributed by atoms with van der Waals surface area (Å²) in [5.41, 5.74) is 0.637. The second-order valence-electron chi connectivity index (χ2n) is 6.03. The van der Waals surface area contributed by atoms with Crippen molar-refractivity contribution in [2.24, 2.45) is 0 Å². The van der Waals surface area contributed by atoms with Gasteiger partial charge in [0.2, 0.25) is 0 Å². The van der Waals surface area contributed by atoms with Crippen molar-refractivity contribution in [3.05, 3.63) is 23.8 Å². The number of carbonyl (C=O) groups is 1. The third kappa shape index (κ3) is 2.90. The number of sulfone groups is 1. The van der Waals surface area contributed by atoms with Crippen LogP contribution in [0.1, 0.15) is 24.8 Å². The fraction of sp³-hybridized carbons (Fsp3) is 0.533. The zero-order valence-corrected chi connectivity index (χ0v) is 13.1. The molecule has 1 aromatic carbocycles. The number of hydrogen-bond donors (Lipinski definition) is 1. The van der Waals surface area contributed by atoms with Crippen LogP contribution in [0.5, 0.6) is 11.5 Å². The molecule has 2 aliphatic rings. The van der Waals surface area contributed by atoms with E-state index < -0.39 is 15.8 Å². The highest BCUT2D eigenvalue weighted by atomic mass is 32.2. The summed E-state index contributed by atoms with van der Waals surface area (Å²) in [5, 5.41) is 9.03. The first-order valence-corrected chi connectivity index (χ1v) is 8.93. The van der Waals surface area contributed by atoms with E-state index in [0.717, 1.165) is 18.4 Å². The van der Waals surface area contributed by atoms with Gasteiger partial charge >= 0.3 is 5.97 Å². The van der Waals surface area contributed by atoms with E-state index in [-0.39, 0.29) is 29.4 Å². The molecule has 1 aromatic rings. The largest absolute Gasteiger partial charge is 0.493 e. The number of aliphatic carboxylic acids is 1. The zero-order valence-electron chi connectivity index (χ0n) is 12.2. The number of carboxylic acid groups (broad SMARTS) is 1. The maximum Gasteiger partial charge on any atom is 0.304 e. The van der Waals surface area contributed by atoms with Crippen LogP contribution in [0, 0.1) is 0 Å². The summed E-state index contributed by atoms with van der Waals surface area (Å²) in [4.78, 5) is 11.0. The van der Waals surface area contributed by atoms with Gasteiger partial charge < -0.3 is 14.6 Å². The number of rotatable bonds is 6. The van der Waals surface area contributed by atoms with Gasteiger partial charge in [-0.05, 0) is 30.5 Å². The van der Waals surface area contributed by atoms with Crippen LogP contribution < -0.4 is 9.47 Å². The van der Waals surface area contributed by atoms with E-state index in [4.69, 9.17) is 14.6 Å². The minimum atomic E-state index is -2.94. The van der Waals surface area contributed by atoms with Crippen molar-refractivity contribution in [3.63, 3.8) is 0 Å². The van der Waals surface area contributed by atoms with Crippen molar-refractivity contribution in [2.45, 2.75) is 30.8 Å². The van der Waals surface area contributed by atoms with Crippen molar-refractivity contribution in [1.82, 2.24) is 0 Å². The Morgan fingerprint density at radius 2 is 2.00 bits per heavy atom. The molecule has 1 saturated carbocycles. The molecule has 0 unspecified atom stereocenters. The van der Waals surface area contributed by atoms with Crippen LogP contribution in [0.2, 0.25) is 0 Å². The lowest BCUT2D eigenvalue weighted by molar-refractivity contribution is -0.137. The SMILES string of the molecule is COc1cc(C2(CC(=O)O)CC2)ccc1OC1CS(=O)(=O)C1. The molecule has 0 bridgehead atoms. The molecule has 1 aliphatic carbocycles. The van der Waals surface area contributed by atoms with Gasteiger partial charge in [-0.15, -0.1) is 0 Å². The van der Waals surface area contributed by atoms with E-state index in [9.17, 15) is 13.2 Å². The van der Waals surface area contributed by atoms with Crippen molar-refractivity contribution in [1.29, 1.82) is 0 Å². The van der Waals surface area contributed by atoms with E-state index in [1.165, 1.54) is 7.11 Å². The van der Waals surface area contributed by atoms with Crippen LogP contribution in [0.3, 0.4) is 0 Å². The van der Waals surface area contributed by atoms with Crippen LogP contribution in [0.4, 0.5) is 0 Å². The average Bonchev–Trinajstić information content (AvgIpc) is 3.17. The Labute approximate surface area is 129 Å². The topological polar surface area (TPSA) is 89.9 Å². The standard InChI is InChI=1S/C15H18O6S/c1-20-13-6-10(15(4-5-15)7-14(16)17)2-3-12(13)21-11-8-22(18,19)9-11/h2-3,6,11H,4-5,7-9H2,1H3,(H,16,17). The minimum Gasteiger partial charge on any atom is -0.493 e. The quantitative estimate of drug-likeness (QED) is 0.849. The smallest absolute Gasteiger partial charge is 0.304 e. The monoisotopic (exact) mass is 326 g/mol. The van der Waals surface area contributed by atoms with E-state index in [1.54, 1.807) is 12.1 Å². The Balaban J connectivity index is 1.78. The van der Waals surface area contributed by atoms with E-state index >= 15 is 0 Å². The highest BCUT2D eigenvalue weighted by molar-refractivity contribution is 7.92. The number of carboxylic acids is 1. The zero-order chi connectivity index (χ0) is 16.0. The molecule has 0 aromatic heterocycles. The molecule has 1 aliphatic heterocycles. The Kier molecular flexibility index (Phi) is 3.55. The summed E-state index contributed by atoms with van der Waals surface area (Å²) in [6.45, 7) is 0. The van der Waals surface area contributed by atoms with Gasteiger partial charge in [0.1, 0.15) is 6.10 Å². The first-order chi connectivity index (χ1) is 10.3. The Hall–Kier alpha value is -1.76. The predicted octanol–water partition coefficient (Wildman–Crippen LogP) is 1.38. The molecule has 1 N–H and O–H groups in total. The van der Waals surface area contributed by atoms with Gasteiger partial charge in [-0.1, -0.05) is 6.07 Å². The number of hydrogen-bond acceptors (Lipinski definition) is 5. The summed E-state index contributed by atoms with van der Waals surface area (Å²) in [7, 11) is -1.42. The number of ether oxygens (including phenoxy) is 2. The second kappa shape index (κ2) is 5.15. The van der Waals surface area contributed by atoms with Crippen LogP contribution in [-0.4, -0.2) is 44.2 Å². The summed E-state index contributed by atoms with van der Waals surface area (Å²) in [6, 6.07) is 5.39. The molecule has 2 fully saturated rings. The lowest BCUT2D eigenvalue weighted by Gasteiger charge is -2.27. The van der Waals surface area contributed by atoms with Gasteiger partial charge in [0.15, 0.2) is 21.3 Å². The molecule has 0 atom stereocenters.